The number of esters is 1. The first-order valence-corrected chi connectivity index (χ1v) is 10.4. The van der Waals surface area contributed by atoms with Crippen LogP contribution in [0.15, 0.2) is 53.3 Å². The van der Waals surface area contributed by atoms with Crippen LogP contribution in [0.25, 0.3) is 0 Å². The Balaban J connectivity index is 1.99. The molecule has 2 aromatic carbocycles. The van der Waals surface area contributed by atoms with Crippen molar-refractivity contribution in [3.63, 3.8) is 0 Å². The Morgan fingerprint density at radius 1 is 1.03 bits per heavy atom. The van der Waals surface area contributed by atoms with Gasteiger partial charge >= 0.3 is 11.5 Å². The molecule has 3 rings (SSSR count). The van der Waals surface area contributed by atoms with E-state index in [9.17, 15) is 9.59 Å². The van der Waals surface area contributed by atoms with Crippen molar-refractivity contribution < 1.29 is 14.3 Å². The third-order valence-electron chi connectivity index (χ3n) is 4.16. The molecule has 0 spiro atoms. The van der Waals surface area contributed by atoms with Crippen LogP contribution in [0, 0.1) is 0 Å². The molecule has 0 fully saturated rings. The lowest BCUT2D eigenvalue weighted by atomic mass is 10.1. The van der Waals surface area contributed by atoms with Crippen LogP contribution >= 0.6 is 23.2 Å². The Morgan fingerprint density at radius 2 is 1.68 bits per heavy atom. The van der Waals surface area contributed by atoms with E-state index in [4.69, 9.17) is 32.7 Å². The molecule has 0 saturated carbocycles. The Morgan fingerprint density at radius 3 is 2.29 bits per heavy atom. The summed E-state index contributed by atoms with van der Waals surface area (Å²) in [4.78, 5) is 32.5. The van der Waals surface area contributed by atoms with Gasteiger partial charge in [-0.25, -0.2) is 4.79 Å². The molecule has 162 valence electrons. The van der Waals surface area contributed by atoms with Gasteiger partial charge in [-0.05, 0) is 44.0 Å². The van der Waals surface area contributed by atoms with Crippen LogP contribution in [0.3, 0.4) is 0 Å². The number of aromatic nitrogens is 2. The number of halogens is 2. The largest absolute Gasteiger partial charge is 0.481 e. The van der Waals surface area contributed by atoms with Gasteiger partial charge < -0.3 is 14.5 Å². The van der Waals surface area contributed by atoms with Gasteiger partial charge in [-0.3, -0.25) is 4.79 Å². The van der Waals surface area contributed by atoms with Crippen LogP contribution in [0.1, 0.15) is 48.2 Å². The molecule has 0 aliphatic rings. The number of H-pyrrole nitrogens is 1. The number of nitrogens with one attached hydrogen (secondary N) is 1. The molecule has 3 aromatic rings. The summed E-state index contributed by atoms with van der Waals surface area (Å²) in [6.07, 6.45) is 0.127. The van der Waals surface area contributed by atoms with E-state index in [-0.39, 0.29) is 30.3 Å². The highest BCUT2D eigenvalue weighted by atomic mass is 35.5. The standard InChI is InChI=1S/C23H22Cl2N2O4/c1-23(2,3)31-22(29)19-20(30-13-14-8-5-4-6-9-14)21(28)27-18(26-19)12-15-16(24)10-7-11-17(15)25/h4-11H,12-13H2,1-3H3,(H,26,27,28). The minimum absolute atomic E-state index is 0.0943. The van der Waals surface area contributed by atoms with Gasteiger partial charge in [0, 0.05) is 16.5 Å². The Bertz CT molecular complexity index is 1120. The summed E-state index contributed by atoms with van der Waals surface area (Å²) in [5.74, 6) is -0.707. The van der Waals surface area contributed by atoms with Gasteiger partial charge in [-0.2, -0.15) is 4.98 Å². The molecule has 8 heteroatoms. The maximum atomic E-state index is 12.8. The summed E-state index contributed by atoms with van der Waals surface area (Å²) in [6.45, 7) is 5.30. The molecule has 0 bridgehead atoms. The number of carbonyl (C=O) groups excluding carboxylic acids is 1. The van der Waals surface area contributed by atoms with Crippen LogP contribution in [-0.2, 0) is 17.8 Å². The van der Waals surface area contributed by atoms with Crippen molar-refractivity contribution in [1.82, 2.24) is 9.97 Å². The van der Waals surface area contributed by atoms with Crippen molar-refractivity contribution in [2.24, 2.45) is 0 Å². The normalized spacial score (nSPS) is 11.3. The molecule has 0 amide bonds. The van der Waals surface area contributed by atoms with Gasteiger partial charge in [0.05, 0.1) is 0 Å². The molecule has 0 aliphatic carbocycles. The van der Waals surface area contributed by atoms with Crippen LogP contribution in [0.4, 0.5) is 0 Å². The smallest absolute Gasteiger partial charge is 0.359 e. The molecule has 1 heterocycles. The number of rotatable bonds is 6. The quantitative estimate of drug-likeness (QED) is 0.511. The van der Waals surface area contributed by atoms with Gasteiger partial charge in [0.15, 0.2) is 5.69 Å². The van der Waals surface area contributed by atoms with Gasteiger partial charge in [0.2, 0.25) is 5.75 Å². The molecule has 6 nitrogen and oxygen atoms in total. The van der Waals surface area contributed by atoms with Crippen molar-refractivity contribution >= 4 is 29.2 Å². The number of carbonyl (C=O) groups is 1. The van der Waals surface area contributed by atoms with Gasteiger partial charge in [0.1, 0.15) is 18.0 Å². The third kappa shape index (κ3) is 6.09. The first-order chi connectivity index (χ1) is 14.6. The van der Waals surface area contributed by atoms with E-state index in [1.165, 1.54) is 0 Å². The zero-order valence-electron chi connectivity index (χ0n) is 17.4. The summed E-state index contributed by atoms with van der Waals surface area (Å²) >= 11 is 12.5. The van der Waals surface area contributed by atoms with E-state index in [1.54, 1.807) is 39.0 Å². The highest BCUT2D eigenvalue weighted by molar-refractivity contribution is 6.36. The van der Waals surface area contributed by atoms with Crippen molar-refractivity contribution in [3.8, 4) is 5.75 Å². The van der Waals surface area contributed by atoms with E-state index >= 15 is 0 Å². The maximum absolute atomic E-state index is 12.8. The average Bonchev–Trinajstić information content (AvgIpc) is 2.69. The number of aromatic amines is 1. The van der Waals surface area contributed by atoms with E-state index < -0.39 is 17.1 Å². The number of ether oxygens (including phenoxy) is 2. The lowest BCUT2D eigenvalue weighted by Gasteiger charge is -2.20. The van der Waals surface area contributed by atoms with Crippen LogP contribution in [0.5, 0.6) is 5.75 Å². The average molecular weight is 461 g/mol. The summed E-state index contributed by atoms with van der Waals surface area (Å²) < 4.78 is 11.1. The number of hydrogen-bond acceptors (Lipinski definition) is 5. The highest BCUT2D eigenvalue weighted by Gasteiger charge is 2.25. The highest BCUT2D eigenvalue weighted by Crippen LogP contribution is 2.26. The second kappa shape index (κ2) is 9.54. The predicted octanol–water partition coefficient (Wildman–Crippen LogP) is 5.20. The van der Waals surface area contributed by atoms with Crippen molar-refractivity contribution in [3.05, 3.63) is 91.6 Å². The molecule has 0 saturated heterocycles. The topological polar surface area (TPSA) is 81.3 Å². The fraction of sp³-hybridized carbons (Fsp3) is 0.261. The van der Waals surface area contributed by atoms with E-state index in [2.05, 4.69) is 9.97 Å². The lowest BCUT2D eigenvalue weighted by Crippen LogP contribution is -2.28. The fourth-order valence-corrected chi connectivity index (χ4v) is 3.33. The SMILES string of the molecule is CC(C)(C)OC(=O)c1[nH]c(Cc2c(Cl)cccc2Cl)nc(=O)c1OCc1ccccc1. The van der Waals surface area contributed by atoms with Crippen LogP contribution in [0.2, 0.25) is 10.0 Å². The van der Waals surface area contributed by atoms with Gasteiger partial charge in [-0.15, -0.1) is 0 Å². The third-order valence-corrected chi connectivity index (χ3v) is 4.87. The molecule has 0 radical (unpaired) electrons. The van der Waals surface area contributed by atoms with Crippen LogP contribution in [-0.4, -0.2) is 21.5 Å². The monoisotopic (exact) mass is 460 g/mol. The summed E-state index contributed by atoms with van der Waals surface area (Å²) in [5, 5.41) is 0.858. The summed E-state index contributed by atoms with van der Waals surface area (Å²) in [7, 11) is 0. The van der Waals surface area contributed by atoms with E-state index in [1.807, 2.05) is 30.3 Å². The van der Waals surface area contributed by atoms with Gasteiger partial charge in [0.25, 0.3) is 0 Å². The number of hydrogen-bond donors (Lipinski definition) is 1. The first kappa shape index (κ1) is 22.8. The molecule has 0 atom stereocenters. The maximum Gasteiger partial charge on any atom is 0.359 e. The first-order valence-electron chi connectivity index (χ1n) is 9.60. The Kier molecular flexibility index (Phi) is 7.03. The lowest BCUT2D eigenvalue weighted by molar-refractivity contribution is 0.00573. The number of nitrogens with zero attached hydrogens (tertiary/aromatic N) is 1. The molecular weight excluding hydrogens is 439 g/mol. The Hall–Kier alpha value is -2.83. The molecular formula is C23H22Cl2N2O4. The molecule has 31 heavy (non-hydrogen) atoms. The molecule has 1 N–H and O–H groups in total. The minimum atomic E-state index is -0.764. The van der Waals surface area contributed by atoms with Crippen LogP contribution < -0.4 is 10.3 Å². The zero-order chi connectivity index (χ0) is 22.6. The second-order valence-corrected chi connectivity index (χ2v) is 8.66. The van der Waals surface area contributed by atoms with Crippen molar-refractivity contribution in [2.45, 2.75) is 39.4 Å². The van der Waals surface area contributed by atoms with Crippen molar-refractivity contribution in [2.75, 3.05) is 0 Å². The van der Waals surface area contributed by atoms with Crippen molar-refractivity contribution in [1.29, 1.82) is 0 Å². The fourth-order valence-electron chi connectivity index (χ4n) is 2.80. The summed E-state index contributed by atoms with van der Waals surface area (Å²) in [6, 6.07) is 14.4. The molecule has 0 unspecified atom stereocenters. The van der Waals surface area contributed by atoms with E-state index in [0.29, 0.717) is 15.6 Å². The zero-order valence-corrected chi connectivity index (χ0v) is 18.9. The minimum Gasteiger partial charge on any atom is -0.481 e. The van der Waals surface area contributed by atoms with Gasteiger partial charge in [-0.1, -0.05) is 59.6 Å². The second-order valence-electron chi connectivity index (χ2n) is 7.85. The molecule has 0 aliphatic heterocycles. The van der Waals surface area contributed by atoms with E-state index in [0.717, 1.165) is 5.56 Å². The predicted molar refractivity (Wildman–Crippen MR) is 120 cm³/mol. The number of benzene rings is 2. The molecule has 1 aromatic heterocycles. The summed E-state index contributed by atoms with van der Waals surface area (Å²) in [5.41, 5.74) is -0.135. The Labute approximate surface area is 190 Å².